The highest BCUT2D eigenvalue weighted by molar-refractivity contribution is 4.66. The first-order valence-electron chi connectivity index (χ1n) is 5.58. The molecule has 0 aliphatic rings. The Balaban J connectivity index is 2.24. The number of aromatic nitrogens is 3. The van der Waals surface area contributed by atoms with E-state index in [1.54, 1.807) is 12.7 Å². The highest BCUT2D eigenvalue weighted by Crippen LogP contribution is 2.18. The van der Waals surface area contributed by atoms with Gasteiger partial charge in [-0.3, -0.25) is 4.68 Å². The van der Waals surface area contributed by atoms with Crippen LogP contribution in [0.3, 0.4) is 0 Å². The molecule has 2 unspecified atom stereocenters. The van der Waals surface area contributed by atoms with Crippen molar-refractivity contribution in [3.63, 3.8) is 0 Å². The molecule has 3 heteroatoms. The molecule has 0 bridgehead atoms. The quantitative estimate of drug-likeness (QED) is 0.698. The van der Waals surface area contributed by atoms with Crippen molar-refractivity contribution < 1.29 is 0 Å². The lowest BCUT2D eigenvalue weighted by atomic mass is 9.98. The Morgan fingerprint density at radius 1 is 1.21 bits per heavy atom. The van der Waals surface area contributed by atoms with E-state index in [0.29, 0.717) is 6.04 Å². The molecule has 0 saturated heterocycles. The first-order valence-corrected chi connectivity index (χ1v) is 5.58. The van der Waals surface area contributed by atoms with Gasteiger partial charge in [-0.25, -0.2) is 4.98 Å². The van der Waals surface area contributed by atoms with Gasteiger partial charge in [0, 0.05) is 0 Å². The molecule has 0 aliphatic carbocycles. The molecule has 1 heterocycles. The lowest BCUT2D eigenvalue weighted by Crippen LogP contribution is -2.07. The van der Waals surface area contributed by atoms with Gasteiger partial charge in [-0.05, 0) is 25.7 Å². The topological polar surface area (TPSA) is 30.7 Å². The summed E-state index contributed by atoms with van der Waals surface area (Å²) in [5.41, 5.74) is 0. The molecule has 0 N–H and O–H groups in total. The summed E-state index contributed by atoms with van der Waals surface area (Å²) in [6, 6.07) is 0.483. The molecule has 1 aromatic rings. The summed E-state index contributed by atoms with van der Waals surface area (Å²) < 4.78 is 1.94. The molecule has 0 aliphatic heterocycles. The summed E-state index contributed by atoms with van der Waals surface area (Å²) in [7, 11) is 0. The van der Waals surface area contributed by atoms with Crippen molar-refractivity contribution >= 4 is 0 Å². The SMILES string of the molecule is CCCC(C)CCC(C)n1cncn1. The number of rotatable bonds is 6. The van der Waals surface area contributed by atoms with Gasteiger partial charge in [-0.2, -0.15) is 5.10 Å². The molecule has 0 fully saturated rings. The Morgan fingerprint density at radius 2 is 2.00 bits per heavy atom. The summed E-state index contributed by atoms with van der Waals surface area (Å²) in [6.07, 6.45) is 8.52. The van der Waals surface area contributed by atoms with E-state index in [2.05, 4.69) is 30.9 Å². The lowest BCUT2D eigenvalue weighted by molar-refractivity contribution is 0.384. The maximum Gasteiger partial charge on any atom is 0.137 e. The van der Waals surface area contributed by atoms with Crippen LogP contribution in [0.5, 0.6) is 0 Å². The molecule has 80 valence electrons. The average Bonchev–Trinajstić information content (AvgIpc) is 2.67. The van der Waals surface area contributed by atoms with Crippen LogP contribution in [-0.4, -0.2) is 14.8 Å². The Hall–Kier alpha value is -0.860. The third kappa shape index (κ3) is 3.48. The van der Waals surface area contributed by atoms with Gasteiger partial charge in [-0.15, -0.1) is 0 Å². The van der Waals surface area contributed by atoms with E-state index in [9.17, 15) is 0 Å². The molecule has 1 aromatic heterocycles. The van der Waals surface area contributed by atoms with Crippen LogP contribution in [0.1, 0.15) is 52.5 Å². The van der Waals surface area contributed by atoms with E-state index in [-0.39, 0.29) is 0 Å². The number of nitrogens with zero attached hydrogens (tertiary/aromatic N) is 3. The van der Waals surface area contributed by atoms with Gasteiger partial charge in [-0.1, -0.05) is 26.7 Å². The second-order valence-corrected chi connectivity index (χ2v) is 4.20. The molecule has 0 aromatic carbocycles. The van der Waals surface area contributed by atoms with Crippen LogP contribution in [0.2, 0.25) is 0 Å². The third-order valence-corrected chi connectivity index (χ3v) is 2.75. The molecule has 0 saturated carbocycles. The fourth-order valence-electron chi connectivity index (χ4n) is 1.74. The van der Waals surface area contributed by atoms with Gasteiger partial charge in [0.15, 0.2) is 0 Å². The van der Waals surface area contributed by atoms with E-state index < -0.39 is 0 Å². The molecule has 0 amide bonds. The maximum atomic E-state index is 4.15. The minimum Gasteiger partial charge on any atom is -0.250 e. The largest absolute Gasteiger partial charge is 0.250 e. The molecular weight excluding hydrogens is 174 g/mol. The van der Waals surface area contributed by atoms with Crippen LogP contribution in [0.15, 0.2) is 12.7 Å². The van der Waals surface area contributed by atoms with Gasteiger partial charge in [0.2, 0.25) is 0 Å². The third-order valence-electron chi connectivity index (χ3n) is 2.75. The summed E-state index contributed by atoms with van der Waals surface area (Å²) in [4.78, 5) is 3.96. The van der Waals surface area contributed by atoms with Crippen LogP contribution in [0.4, 0.5) is 0 Å². The van der Waals surface area contributed by atoms with E-state index in [1.807, 2.05) is 4.68 Å². The molecular formula is C11H21N3. The standard InChI is InChI=1S/C11H21N3/c1-4-5-10(2)6-7-11(3)14-9-12-8-13-14/h8-11H,4-7H2,1-3H3. The first-order chi connectivity index (χ1) is 6.74. The van der Waals surface area contributed by atoms with Gasteiger partial charge >= 0.3 is 0 Å². The van der Waals surface area contributed by atoms with Gasteiger partial charge in [0.25, 0.3) is 0 Å². The fourth-order valence-corrected chi connectivity index (χ4v) is 1.74. The van der Waals surface area contributed by atoms with Crippen molar-refractivity contribution in [2.24, 2.45) is 5.92 Å². The van der Waals surface area contributed by atoms with Crippen LogP contribution in [0.25, 0.3) is 0 Å². The smallest absolute Gasteiger partial charge is 0.137 e. The molecule has 3 nitrogen and oxygen atoms in total. The van der Waals surface area contributed by atoms with Gasteiger partial charge < -0.3 is 0 Å². The van der Waals surface area contributed by atoms with Crippen molar-refractivity contribution in [2.45, 2.75) is 52.5 Å². The van der Waals surface area contributed by atoms with E-state index >= 15 is 0 Å². The molecule has 1 rings (SSSR count). The van der Waals surface area contributed by atoms with Crippen LogP contribution in [-0.2, 0) is 0 Å². The molecule has 0 radical (unpaired) electrons. The monoisotopic (exact) mass is 195 g/mol. The predicted octanol–water partition coefficient (Wildman–Crippen LogP) is 3.06. The highest BCUT2D eigenvalue weighted by atomic mass is 15.3. The lowest BCUT2D eigenvalue weighted by Gasteiger charge is -2.14. The van der Waals surface area contributed by atoms with Crippen LogP contribution in [0, 0.1) is 5.92 Å². The molecule has 0 spiro atoms. The zero-order valence-corrected chi connectivity index (χ0v) is 9.48. The Bertz CT molecular complexity index is 231. The van der Waals surface area contributed by atoms with Crippen molar-refractivity contribution in [3.8, 4) is 0 Å². The van der Waals surface area contributed by atoms with Crippen molar-refractivity contribution in [2.75, 3.05) is 0 Å². The molecule has 14 heavy (non-hydrogen) atoms. The van der Waals surface area contributed by atoms with Crippen molar-refractivity contribution in [3.05, 3.63) is 12.7 Å². The minimum absolute atomic E-state index is 0.483. The first kappa shape index (κ1) is 11.2. The maximum absolute atomic E-state index is 4.15. The Kier molecular flexibility index (Phi) is 4.63. The highest BCUT2D eigenvalue weighted by Gasteiger charge is 2.07. The van der Waals surface area contributed by atoms with E-state index in [4.69, 9.17) is 0 Å². The van der Waals surface area contributed by atoms with Crippen LogP contribution < -0.4 is 0 Å². The number of hydrogen-bond donors (Lipinski definition) is 0. The predicted molar refractivity (Wildman–Crippen MR) is 58.0 cm³/mol. The summed E-state index contributed by atoms with van der Waals surface area (Å²) in [5, 5.41) is 4.15. The van der Waals surface area contributed by atoms with Gasteiger partial charge in [0.1, 0.15) is 12.7 Å². The Morgan fingerprint density at radius 3 is 2.57 bits per heavy atom. The minimum atomic E-state index is 0.483. The zero-order valence-electron chi connectivity index (χ0n) is 9.48. The Labute approximate surface area is 86.5 Å². The second-order valence-electron chi connectivity index (χ2n) is 4.20. The average molecular weight is 195 g/mol. The van der Waals surface area contributed by atoms with E-state index in [1.165, 1.54) is 25.7 Å². The fraction of sp³-hybridized carbons (Fsp3) is 0.818. The summed E-state index contributed by atoms with van der Waals surface area (Å²) in [5.74, 6) is 0.839. The second kappa shape index (κ2) is 5.78. The zero-order chi connectivity index (χ0) is 10.4. The van der Waals surface area contributed by atoms with E-state index in [0.717, 1.165) is 5.92 Å². The van der Waals surface area contributed by atoms with Gasteiger partial charge in [0.05, 0.1) is 6.04 Å². The van der Waals surface area contributed by atoms with Crippen molar-refractivity contribution in [1.29, 1.82) is 0 Å². The molecule has 2 atom stereocenters. The van der Waals surface area contributed by atoms with Crippen LogP contribution >= 0.6 is 0 Å². The summed E-state index contributed by atoms with van der Waals surface area (Å²) in [6.45, 7) is 6.78. The normalized spacial score (nSPS) is 15.4. The van der Waals surface area contributed by atoms with Crippen molar-refractivity contribution in [1.82, 2.24) is 14.8 Å². The number of hydrogen-bond acceptors (Lipinski definition) is 2. The summed E-state index contributed by atoms with van der Waals surface area (Å²) >= 11 is 0.